The number of hydrogen-bond donors (Lipinski definition) is 2. The van der Waals surface area contributed by atoms with Crippen LogP contribution in [-0.4, -0.2) is 40.4 Å². The zero-order chi connectivity index (χ0) is 13.5. The van der Waals surface area contributed by atoms with E-state index in [1.807, 2.05) is 0 Å². The summed E-state index contributed by atoms with van der Waals surface area (Å²) in [7, 11) is 0. The van der Waals surface area contributed by atoms with Crippen LogP contribution in [0, 0.1) is 23.7 Å². The van der Waals surface area contributed by atoms with Crippen LogP contribution in [0.25, 0.3) is 0 Å². The molecule has 5 aliphatic carbocycles. The van der Waals surface area contributed by atoms with Gasteiger partial charge in [-0.25, -0.2) is 0 Å². The van der Waals surface area contributed by atoms with Crippen LogP contribution < -0.4 is 5.32 Å². The zero-order valence-electron chi connectivity index (χ0n) is 12.6. The Kier molecular flexibility index (Phi) is 2.36. The van der Waals surface area contributed by atoms with Crippen LogP contribution in [0.1, 0.15) is 51.9 Å². The van der Waals surface area contributed by atoms with E-state index >= 15 is 0 Å². The van der Waals surface area contributed by atoms with Gasteiger partial charge in [-0.1, -0.05) is 0 Å². The number of hydrogen-bond acceptors (Lipinski definition) is 3. The number of rotatable bonds is 2. The molecule has 0 radical (unpaired) electrons. The fourth-order valence-electron chi connectivity index (χ4n) is 6.57. The molecule has 3 atom stereocenters. The fraction of sp³-hybridized carbons (Fsp3) is 1.00. The fourth-order valence-corrected chi connectivity index (χ4v) is 6.57. The van der Waals surface area contributed by atoms with Crippen molar-refractivity contribution >= 4 is 0 Å². The van der Waals surface area contributed by atoms with Crippen LogP contribution in [0.15, 0.2) is 0 Å². The van der Waals surface area contributed by atoms with Gasteiger partial charge in [0.1, 0.15) is 0 Å². The second kappa shape index (κ2) is 3.80. The molecule has 0 aromatic rings. The zero-order valence-corrected chi connectivity index (χ0v) is 12.6. The molecule has 5 saturated carbocycles. The van der Waals surface area contributed by atoms with Crippen LogP contribution in [0.5, 0.6) is 0 Å². The maximum Gasteiger partial charge on any atom is 0.0657 e. The van der Waals surface area contributed by atoms with E-state index in [1.54, 1.807) is 0 Å². The minimum absolute atomic E-state index is 0.278. The Morgan fingerprint density at radius 1 is 1.10 bits per heavy atom. The number of nitrogens with one attached hydrogen (secondary N) is 1. The lowest BCUT2D eigenvalue weighted by Gasteiger charge is -2.60. The van der Waals surface area contributed by atoms with Crippen molar-refractivity contribution in [3.8, 4) is 0 Å². The van der Waals surface area contributed by atoms with Gasteiger partial charge in [0.25, 0.3) is 0 Å². The third-order valence-corrected chi connectivity index (χ3v) is 7.31. The molecule has 0 aromatic carbocycles. The lowest BCUT2D eigenvalue weighted by molar-refractivity contribution is -0.158. The van der Waals surface area contributed by atoms with Crippen molar-refractivity contribution in [3.05, 3.63) is 0 Å². The molecule has 4 bridgehead atoms. The Balaban J connectivity index is 1.37. The van der Waals surface area contributed by atoms with Crippen molar-refractivity contribution in [2.24, 2.45) is 23.7 Å². The summed E-state index contributed by atoms with van der Waals surface area (Å²) in [5.74, 6) is 3.30. The lowest BCUT2D eigenvalue weighted by Crippen LogP contribution is -2.61. The van der Waals surface area contributed by atoms with E-state index in [4.69, 9.17) is 0 Å². The summed E-state index contributed by atoms with van der Waals surface area (Å²) in [5, 5.41) is 14.6. The Bertz CT molecular complexity index is 419. The van der Waals surface area contributed by atoms with Gasteiger partial charge in [0.15, 0.2) is 0 Å². The first-order chi connectivity index (χ1) is 9.55. The van der Waals surface area contributed by atoms with Crippen molar-refractivity contribution in [2.75, 3.05) is 13.2 Å². The van der Waals surface area contributed by atoms with Crippen LogP contribution in [0.3, 0.4) is 0 Å². The summed E-state index contributed by atoms with van der Waals surface area (Å²) in [6.07, 6.45) is 8.90. The summed E-state index contributed by atoms with van der Waals surface area (Å²) in [6, 6.07) is 0.764. The van der Waals surface area contributed by atoms with Crippen LogP contribution in [0.4, 0.5) is 0 Å². The lowest BCUT2D eigenvalue weighted by atomic mass is 9.52. The molecule has 3 nitrogen and oxygen atoms in total. The molecule has 6 aliphatic rings. The van der Waals surface area contributed by atoms with Gasteiger partial charge in [-0.3, -0.25) is 10.2 Å². The Hall–Kier alpha value is -0.120. The second-order valence-corrected chi connectivity index (χ2v) is 8.96. The van der Waals surface area contributed by atoms with Gasteiger partial charge in [-0.2, -0.15) is 0 Å². The third-order valence-electron chi connectivity index (χ3n) is 7.31. The van der Waals surface area contributed by atoms with Gasteiger partial charge in [0, 0.05) is 24.8 Å². The second-order valence-electron chi connectivity index (χ2n) is 8.96. The predicted octanol–water partition coefficient (Wildman–Crippen LogP) is 1.96. The molecule has 1 aliphatic heterocycles. The van der Waals surface area contributed by atoms with E-state index in [2.05, 4.69) is 17.1 Å². The molecule has 0 spiro atoms. The van der Waals surface area contributed by atoms with Crippen molar-refractivity contribution < 1.29 is 5.11 Å². The molecule has 1 saturated heterocycles. The molecule has 0 amide bonds. The highest BCUT2D eigenvalue weighted by Gasteiger charge is 2.58. The predicted molar refractivity (Wildman–Crippen MR) is 78.1 cm³/mol. The molecular formula is C17H28N2O. The summed E-state index contributed by atoms with van der Waals surface area (Å²) < 4.78 is 0. The average molecular weight is 276 g/mol. The molecule has 2 N–H and O–H groups in total. The van der Waals surface area contributed by atoms with Gasteiger partial charge >= 0.3 is 0 Å². The Labute approximate surface area is 122 Å². The quantitative estimate of drug-likeness (QED) is 0.809. The number of aliphatic hydroxyl groups is 1. The summed E-state index contributed by atoms with van der Waals surface area (Å²) >= 11 is 0. The third kappa shape index (κ3) is 1.69. The Morgan fingerprint density at radius 3 is 2.40 bits per heavy atom. The van der Waals surface area contributed by atoms with E-state index < -0.39 is 0 Å². The smallest absolute Gasteiger partial charge is 0.0657 e. The van der Waals surface area contributed by atoms with Crippen LogP contribution >= 0.6 is 0 Å². The average Bonchev–Trinajstić information content (AvgIpc) is 3.13. The van der Waals surface area contributed by atoms with Crippen LogP contribution in [-0.2, 0) is 0 Å². The molecule has 6 rings (SSSR count). The standard InChI is InChI=1S/C17H28N2O/c1-16(14-2-3-14)9-19(10-18-16)15-12-4-11-5-13(15)8-17(20,6-11)7-12/h11-15,18,20H,2-10H2,1H3/t11?,12-,13-,15?,16+,17?/m1/s1. The monoisotopic (exact) mass is 276 g/mol. The van der Waals surface area contributed by atoms with Crippen molar-refractivity contribution in [1.82, 2.24) is 10.2 Å². The summed E-state index contributed by atoms with van der Waals surface area (Å²) in [5.41, 5.74) is 0.103. The molecule has 112 valence electrons. The molecule has 6 fully saturated rings. The topological polar surface area (TPSA) is 35.5 Å². The highest BCUT2D eigenvalue weighted by Crippen LogP contribution is 2.57. The maximum absolute atomic E-state index is 10.7. The van der Waals surface area contributed by atoms with E-state index in [0.29, 0.717) is 5.54 Å². The van der Waals surface area contributed by atoms with E-state index in [-0.39, 0.29) is 5.60 Å². The minimum atomic E-state index is -0.278. The minimum Gasteiger partial charge on any atom is -0.390 e. The largest absolute Gasteiger partial charge is 0.390 e. The van der Waals surface area contributed by atoms with Crippen molar-refractivity contribution in [1.29, 1.82) is 0 Å². The normalized spacial score (nSPS) is 58.5. The molecule has 3 heteroatoms. The molecule has 20 heavy (non-hydrogen) atoms. The van der Waals surface area contributed by atoms with Gasteiger partial charge in [0.05, 0.1) is 5.60 Å². The van der Waals surface area contributed by atoms with Crippen molar-refractivity contribution in [2.45, 2.75) is 69.1 Å². The van der Waals surface area contributed by atoms with Gasteiger partial charge in [-0.05, 0) is 75.5 Å². The number of nitrogens with zero attached hydrogens (tertiary/aromatic N) is 1. The molecule has 0 aromatic heterocycles. The summed E-state index contributed by atoms with van der Waals surface area (Å²) in [6.45, 7) is 4.78. The van der Waals surface area contributed by atoms with Gasteiger partial charge < -0.3 is 5.11 Å². The highest BCUT2D eigenvalue weighted by molar-refractivity contribution is 5.11. The van der Waals surface area contributed by atoms with E-state index in [9.17, 15) is 5.11 Å². The Morgan fingerprint density at radius 2 is 1.80 bits per heavy atom. The highest BCUT2D eigenvalue weighted by atomic mass is 16.3. The van der Waals surface area contributed by atoms with E-state index in [1.165, 1.54) is 32.2 Å². The van der Waals surface area contributed by atoms with Crippen LogP contribution in [0.2, 0.25) is 0 Å². The molecule has 0 unspecified atom stereocenters. The SMILES string of the molecule is C[C@@]1(C2CC2)CN(C2[C@@H]3CC4C[C@@H]2CC(O)(C4)C3)CN1. The molecule has 1 heterocycles. The van der Waals surface area contributed by atoms with Gasteiger partial charge in [0.2, 0.25) is 0 Å². The first-order valence-corrected chi connectivity index (χ1v) is 8.76. The maximum atomic E-state index is 10.7. The van der Waals surface area contributed by atoms with Gasteiger partial charge in [-0.15, -0.1) is 0 Å². The van der Waals surface area contributed by atoms with Crippen molar-refractivity contribution in [3.63, 3.8) is 0 Å². The first-order valence-electron chi connectivity index (χ1n) is 8.76. The van der Waals surface area contributed by atoms with E-state index in [0.717, 1.165) is 55.6 Å². The first kappa shape index (κ1) is 12.4. The summed E-state index contributed by atoms with van der Waals surface area (Å²) in [4.78, 5) is 2.76. The molecular weight excluding hydrogens is 248 g/mol.